The van der Waals surface area contributed by atoms with Crippen LogP contribution in [-0.4, -0.2) is 60.5 Å². The molecule has 0 heterocycles. The van der Waals surface area contributed by atoms with Crippen molar-refractivity contribution in [3.8, 4) is 0 Å². The topological polar surface area (TPSA) is 55.7 Å². The summed E-state index contributed by atoms with van der Waals surface area (Å²) in [6.45, 7) is 4.53. The van der Waals surface area contributed by atoms with E-state index in [2.05, 4.69) is 10.2 Å². The smallest absolute Gasteiger partial charge is 0.0443 e. The van der Waals surface area contributed by atoms with Gasteiger partial charge in [0.25, 0.3) is 0 Å². The summed E-state index contributed by atoms with van der Waals surface area (Å²) in [6.07, 6.45) is 4.36. The Labute approximate surface area is 92.3 Å². The van der Waals surface area contributed by atoms with Crippen molar-refractivity contribution in [1.29, 1.82) is 0 Å². The first-order valence-electron chi connectivity index (χ1n) is 6.05. The van der Waals surface area contributed by atoms with Gasteiger partial charge in [0.1, 0.15) is 0 Å². The Balaban J connectivity index is 1.98. The molecule has 4 heteroatoms. The Bertz CT molecular complexity index is 152. The minimum absolute atomic E-state index is 0.268. The van der Waals surface area contributed by atoms with E-state index < -0.39 is 0 Å². The van der Waals surface area contributed by atoms with E-state index in [1.165, 1.54) is 12.8 Å². The van der Waals surface area contributed by atoms with Crippen LogP contribution in [-0.2, 0) is 0 Å². The maximum atomic E-state index is 8.79. The van der Waals surface area contributed by atoms with E-state index in [1.807, 2.05) is 0 Å². The van der Waals surface area contributed by atoms with Crippen molar-refractivity contribution in [1.82, 2.24) is 10.2 Å². The summed E-state index contributed by atoms with van der Waals surface area (Å²) in [5.41, 5.74) is 0. The van der Waals surface area contributed by atoms with Crippen LogP contribution in [0.4, 0.5) is 0 Å². The van der Waals surface area contributed by atoms with Crippen molar-refractivity contribution in [3.63, 3.8) is 0 Å². The van der Waals surface area contributed by atoms with Crippen molar-refractivity contribution in [2.45, 2.75) is 31.7 Å². The van der Waals surface area contributed by atoms with Gasteiger partial charge >= 0.3 is 0 Å². The maximum Gasteiger partial charge on any atom is 0.0443 e. The zero-order chi connectivity index (χ0) is 10.9. The summed E-state index contributed by atoms with van der Waals surface area (Å²) in [7, 11) is 0. The largest absolute Gasteiger partial charge is 0.396 e. The van der Waals surface area contributed by atoms with Gasteiger partial charge in [0.15, 0.2) is 0 Å². The molecule has 1 aliphatic carbocycles. The van der Waals surface area contributed by atoms with Crippen LogP contribution in [0.2, 0.25) is 0 Å². The van der Waals surface area contributed by atoms with Crippen LogP contribution >= 0.6 is 0 Å². The number of aliphatic hydroxyl groups is 2. The number of nitrogens with one attached hydrogen (secondary N) is 1. The molecule has 1 saturated carbocycles. The average Bonchev–Trinajstić information content (AvgIpc) is 3.06. The molecule has 3 N–H and O–H groups in total. The summed E-state index contributed by atoms with van der Waals surface area (Å²) in [5, 5.41) is 20.7. The van der Waals surface area contributed by atoms with Crippen LogP contribution in [0.1, 0.15) is 25.7 Å². The number of nitrogens with zero attached hydrogens (tertiary/aromatic N) is 1. The molecular formula is C11H24N2O2. The van der Waals surface area contributed by atoms with Crippen LogP contribution in [0.5, 0.6) is 0 Å². The number of hydrogen-bond acceptors (Lipinski definition) is 4. The maximum absolute atomic E-state index is 8.79. The van der Waals surface area contributed by atoms with Crippen molar-refractivity contribution < 1.29 is 10.2 Å². The van der Waals surface area contributed by atoms with Crippen LogP contribution < -0.4 is 5.32 Å². The Morgan fingerprint density at radius 2 is 1.73 bits per heavy atom. The molecule has 1 aliphatic rings. The van der Waals surface area contributed by atoms with E-state index in [0.29, 0.717) is 6.61 Å². The van der Waals surface area contributed by atoms with Gasteiger partial charge < -0.3 is 15.5 Å². The fourth-order valence-electron chi connectivity index (χ4n) is 1.74. The molecule has 0 aromatic rings. The fraction of sp³-hybridized carbons (Fsp3) is 1.00. The molecule has 90 valence electrons. The Kier molecular flexibility index (Phi) is 6.92. The van der Waals surface area contributed by atoms with Gasteiger partial charge in [0.2, 0.25) is 0 Å². The van der Waals surface area contributed by atoms with Gasteiger partial charge in [0.05, 0.1) is 0 Å². The molecule has 0 aromatic heterocycles. The molecule has 1 fully saturated rings. The zero-order valence-electron chi connectivity index (χ0n) is 9.49. The molecule has 0 spiro atoms. The lowest BCUT2D eigenvalue weighted by molar-refractivity contribution is 0.216. The Hall–Kier alpha value is -0.160. The van der Waals surface area contributed by atoms with Gasteiger partial charge in [-0.15, -0.1) is 0 Å². The number of rotatable bonds is 10. The lowest BCUT2D eigenvalue weighted by atomic mass is 10.3. The molecule has 15 heavy (non-hydrogen) atoms. The summed E-state index contributed by atoms with van der Waals surface area (Å²) in [4.78, 5) is 2.46. The minimum Gasteiger partial charge on any atom is -0.396 e. The van der Waals surface area contributed by atoms with E-state index in [1.54, 1.807) is 0 Å². The second-order valence-electron chi connectivity index (χ2n) is 4.17. The molecule has 0 aliphatic heterocycles. The van der Waals surface area contributed by atoms with Crippen LogP contribution in [0.15, 0.2) is 0 Å². The van der Waals surface area contributed by atoms with Gasteiger partial charge in [-0.1, -0.05) is 0 Å². The quantitative estimate of drug-likeness (QED) is 0.443. The number of aliphatic hydroxyl groups excluding tert-OH is 2. The van der Waals surface area contributed by atoms with Crippen molar-refractivity contribution in [3.05, 3.63) is 0 Å². The highest BCUT2D eigenvalue weighted by Gasteiger charge is 2.27. The van der Waals surface area contributed by atoms with E-state index in [9.17, 15) is 0 Å². The van der Waals surface area contributed by atoms with Crippen LogP contribution in [0, 0.1) is 0 Å². The first kappa shape index (κ1) is 12.9. The lowest BCUT2D eigenvalue weighted by Gasteiger charge is -2.21. The van der Waals surface area contributed by atoms with Crippen molar-refractivity contribution in [2.24, 2.45) is 0 Å². The average molecular weight is 216 g/mol. The van der Waals surface area contributed by atoms with Crippen LogP contribution in [0.25, 0.3) is 0 Å². The fourth-order valence-corrected chi connectivity index (χ4v) is 1.74. The minimum atomic E-state index is 0.268. The summed E-state index contributed by atoms with van der Waals surface area (Å²) < 4.78 is 0. The predicted molar refractivity (Wildman–Crippen MR) is 60.9 cm³/mol. The van der Waals surface area contributed by atoms with E-state index >= 15 is 0 Å². The highest BCUT2D eigenvalue weighted by molar-refractivity contribution is 4.84. The van der Waals surface area contributed by atoms with Gasteiger partial charge in [-0.3, -0.25) is 4.90 Å². The van der Waals surface area contributed by atoms with E-state index in [0.717, 1.165) is 45.1 Å². The summed E-state index contributed by atoms with van der Waals surface area (Å²) in [6, 6.07) is 0.774. The second-order valence-corrected chi connectivity index (χ2v) is 4.17. The first-order valence-corrected chi connectivity index (χ1v) is 6.05. The van der Waals surface area contributed by atoms with E-state index in [-0.39, 0.29) is 6.61 Å². The lowest BCUT2D eigenvalue weighted by Crippen LogP contribution is -2.35. The van der Waals surface area contributed by atoms with E-state index in [4.69, 9.17) is 10.2 Å². The molecule has 4 nitrogen and oxygen atoms in total. The third kappa shape index (κ3) is 6.10. The third-order valence-electron chi connectivity index (χ3n) is 2.75. The molecule has 1 rings (SSSR count). The first-order chi connectivity index (χ1) is 7.38. The zero-order valence-corrected chi connectivity index (χ0v) is 9.49. The summed E-state index contributed by atoms with van der Waals surface area (Å²) >= 11 is 0. The molecule has 0 saturated heterocycles. The third-order valence-corrected chi connectivity index (χ3v) is 2.75. The van der Waals surface area contributed by atoms with Crippen molar-refractivity contribution in [2.75, 3.05) is 39.4 Å². The monoisotopic (exact) mass is 216 g/mol. The summed E-state index contributed by atoms with van der Waals surface area (Å²) in [5.74, 6) is 0. The molecule has 0 radical (unpaired) electrons. The standard InChI is InChI=1S/C11H24N2O2/c14-9-1-5-12-6-8-13(7-2-10-15)11-3-4-11/h11-12,14-15H,1-10H2. The SMILES string of the molecule is OCCCNCCN(CCCO)C1CC1. The van der Waals surface area contributed by atoms with Gasteiger partial charge in [0, 0.05) is 38.9 Å². The molecule has 0 unspecified atom stereocenters. The molecular weight excluding hydrogens is 192 g/mol. The van der Waals surface area contributed by atoms with Crippen molar-refractivity contribution >= 4 is 0 Å². The Morgan fingerprint density at radius 3 is 2.33 bits per heavy atom. The highest BCUT2D eigenvalue weighted by Crippen LogP contribution is 2.26. The van der Waals surface area contributed by atoms with Gasteiger partial charge in [-0.25, -0.2) is 0 Å². The molecule has 0 aromatic carbocycles. The predicted octanol–water partition coefficient (Wildman–Crippen LogP) is -0.195. The molecule has 0 amide bonds. The van der Waals surface area contributed by atoms with Crippen LogP contribution in [0.3, 0.4) is 0 Å². The molecule has 0 bridgehead atoms. The molecule has 0 atom stereocenters. The highest BCUT2D eigenvalue weighted by atomic mass is 16.3. The Morgan fingerprint density at radius 1 is 1.00 bits per heavy atom. The normalized spacial score (nSPS) is 16.2. The number of hydrogen-bond donors (Lipinski definition) is 3. The van der Waals surface area contributed by atoms with Gasteiger partial charge in [-0.2, -0.15) is 0 Å². The van der Waals surface area contributed by atoms with Gasteiger partial charge in [-0.05, 0) is 32.2 Å². The second kappa shape index (κ2) is 8.05.